The molecule has 4 aromatic rings. The standard InChI is InChI=1S/C43H53N13O9S/c1-23(2)34(52-30(57)10-6-5-7-20-56-32(58)17-18-33(56)59)41(63)49-24(3)38(60)53-31-16-15-29(66-31)40(62)46-19-8-9-28(42(64)65-4)51-39(61)25-11-13-26(14-12-25)47-21-27-22-48-37-35(50-27)36(44)54-43(45)55-37/h11-18,22-24,28,34,47H,5-10,19-21H2,1-4H3,(H,46,62)(H,49,63)(H,51,61)(H,52,57)(H,53,60)(H4,44,45,48,54,55)/t24-,28-,34?/m0/s1. The maximum atomic E-state index is 13.1. The molecule has 0 aliphatic carbocycles. The molecule has 22 nitrogen and oxygen atoms in total. The number of imide groups is 1. The summed E-state index contributed by atoms with van der Waals surface area (Å²) >= 11 is 1.02. The third kappa shape index (κ3) is 14.0. The lowest BCUT2D eigenvalue weighted by Gasteiger charge is -2.23. The fraction of sp³-hybridized carbons (Fsp3) is 0.395. The Bertz CT molecular complexity index is 2460. The molecule has 3 aromatic heterocycles. The smallest absolute Gasteiger partial charge is 0.328 e. The van der Waals surface area contributed by atoms with E-state index in [9.17, 15) is 38.4 Å². The first-order chi connectivity index (χ1) is 31.5. The fourth-order valence-corrected chi connectivity index (χ4v) is 7.34. The number of hydrogen-bond acceptors (Lipinski definition) is 17. The van der Waals surface area contributed by atoms with Crippen LogP contribution in [0.1, 0.15) is 85.0 Å². The van der Waals surface area contributed by atoms with E-state index < -0.39 is 47.7 Å². The Balaban J connectivity index is 1.00. The highest BCUT2D eigenvalue weighted by Crippen LogP contribution is 2.22. The van der Waals surface area contributed by atoms with E-state index in [2.05, 4.69) is 51.8 Å². The number of amides is 7. The molecule has 0 spiro atoms. The molecular weight excluding hydrogens is 875 g/mol. The summed E-state index contributed by atoms with van der Waals surface area (Å²) in [4.78, 5) is 119. The third-order valence-corrected chi connectivity index (χ3v) is 11.1. The number of benzene rings is 1. The lowest BCUT2D eigenvalue weighted by atomic mass is 10.0. The van der Waals surface area contributed by atoms with Crippen molar-refractivity contribution in [2.75, 3.05) is 42.3 Å². The molecule has 1 aliphatic rings. The normalized spacial score (nSPS) is 13.5. The Hall–Kier alpha value is -7.56. The van der Waals surface area contributed by atoms with E-state index in [1.165, 1.54) is 38.4 Å². The van der Waals surface area contributed by atoms with Crippen LogP contribution in [0.15, 0.2) is 54.7 Å². The van der Waals surface area contributed by atoms with Crippen LogP contribution in [0.3, 0.4) is 0 Å². The van der Waals surface area contributed by atoms with Crippen LogP contribution in [-0.2, 0) is 40.0 Å². The number of nitrogens with zero attached hydrogens (tertiary/aromatic N) is 5. The molecule has 0 fully saturated rings. The van der Waals surface area contributed by atoms with Crippen molar-refractivity contribution in [2.24, 2.45) is 5.92 Å². The van der Waals surface area contributed by atoms with Crippen molar-refractivity contribution in [3.63, 3.8) is 0 Å². The summed E-state index contributed by atoms with van der Waals surface area (Å²) in [6, 6.07) is 6.76. The number of aromatic nitrogens is 4. The van der Waals surface area contributed by atoms with Gasteiger partial charge in [-0.05, 0) is 74.9 Å². The second kappa shape index (κ2) is 23.4. The van der Waals surface area contributed by atoms with E-state index in [1.807, 2.05) is 0 Å². The number of nitrogens with two attached hydrogens (primary N) is 2. The van der Waals surface area contributed by atoms with Crippen molar-refractivity contribution in [2.45, 2.75) is 84.0 Å². The van der Waals surface area contributed by atoms with Gasteiger partial charge in [-0.2, -0.15) is 9.97 Å². The van der Waals surface area contributed by atoms with E-state index in [0.717, 1.165) is 16.2 Å². The number of rotatable bonds is 23. The third-order valence-electron chi connectivity index (χ3n) is 10.1. The summed E-state index contributed by atoms with van der Waals surface area (Å²) in [5.74, 6) is -3.87. The van der Waals surface area contributed by atoms with Gasteiger partial charge in [-0.3, -0.25) is 38.5 Å². The summed E-state index contributed by atoms with van der Waals surface area (Å²) in [6.07, 6.45) is 6.23. The van der Waals surface area contributed by atoms with E-state index in [4.69, 9.17) is 16.2 Å². The molecule has 7 amide bonds. The van der Waals surface area contributed by atoms with Gasteiger partial charge in [0, 0.05) is 42.9 Å². The first kappa shape index (κ1) is 49.5. The van der Waals surface area contributed by atoms with E-state index >= 15 is 0 Å². The molecule has 3 atom stereocenters. The van der Waals surface area contributed by atoms with E-state index in [1.54, 1.807) is 44.2 Å². The predicted molar refractivity (Wildman–Crippen MR) is 244 cm³/mol. The summed E-state index contributed by atoms with van der Waals surface area (Å²) in [5, 5.41) is 17.1. The topological polar surface area (TPSA) is 325 Å². The SMILES string of the molecule is COC(=O)[C@H](CCCNC(=O)c1ccc(NC(=O)[C@H](C)NC(=O)C(NC(=O)CCCCCN2C(=O)C=CC2=O)C(C)C)s1)NC(=O)c1ccc(NCc2cnc3nc(N)nc(N)c3n2)cc1. The zero-order valence-corrected chi connectivity index (χ0v) is 37.7. The molecule has 0 saturated heterocycles. The quantitative estimate of drug-likeness (QED) is 0.0299. The summed E-state index contributed by atoms with van der Waals surface area (Å²) in [5.41, 5.74) is 13.7. The van der Waals surface area contributed by atoms with Gasteiger partial charge in [-0.15, -0.1) is 11.3 Å². The number of esters is 1. The number of hydrogen-bond donors (Lipinski definition) is 8. The number of nitrogen functional groups attached to an aromatic ring is 2. The number of unbranched alkanes of at least 4 members (excludes halogenated alkanes) is 2. The minimum Gasteiger partial charge on any atom is -0.467 e. The highest BCUT2D eigenvalue weighted by atomic mass is 32.1. The number of methoxy groups -OCH3 is 1. The molecule has 5 rings (SSSR count). The molecule has 350 valence electrons. The van der Waals surface area contributed by atoms with Crippen LogP contribution in [0.25, 0.3) is 11.2 Å². The molecule has 1 unspecified atom stereocenters. The molecule has 23 heteroatoms. The van der Waals surface area contributed by atoms with Crippen LogP contribution in [0, 0.1) is 5.92 Å². The number of thiophene rings is 1. The average molecular weight is 928 g/mol. The maximum Gasteiger partial charge on any atom is 0.328 e. The van der Waals surface area contributed by atoms with Crippen molar-refractivity contribution >= 4 is 92.3 Å². The molecule has 0 saturated carbocycles. The minimum absolute atomic E-state index is 0.000910. The fourth-order valence-electron chi connectivity index (χ4n) is 6.52. The molecule has 1 aromatic carbocycles. The van der Waals surface area contributed by atoms with Crippen LogP contribution in [-0.4, -0.2) is 110 Å². The van der Waals surface area contributed by atoms with Crippen molar-refractivity contribution in [1.82, 2.24) is 46.1 Å². The van der Waals surface area contributed by atoms with Crippen LogP contribution in [0.4, 0.5) is 22.5 Å². The summed E-state index contributed by atoms with van der Waals surface area (Å²) in [6.45, 7) is 5.74. The first-order valence-corrected chi connectivity index (χ1v) is 21.9. The Morgan fingerprint density at radius 3 is 2.24 bits per heavy atom. The van der Waals surface area contributed by atoms with Crippen LogP contribution < -0.4 is 43.4 Å². The zero-order chi connectivity index (χ0) is 47.9. The highest BCUT2D eigenvalue weighted by Gasteiger charge is 2.28. The van der Waals surface area contributed by atoms with E-state index in [0.29, 0.717) is 58.0 Å². The lowest BCUT2D eigenvalue weighted by molar-refractivity contribution is -0.143. The zero-order valence-electron chi connectivity index (χ0n) is 36.8. The summed E-state index contributed by atoms with van der Waals surface area (Å²) in [7, 11) is 1.21. The van der Waals surface area contributed by atoms with Gasteiger partial charge in [0.2, 0.25) is 23.7 Å². The molecule has 4 heterocycles. The number of anilines is 4. The van der Waals surface area contributed by atoms with Crippen molar-refractivity contribution in [3.05, 3.63) is 70.9 Å². The largest absolute Gasteiger partial charge is 0.467 e. The van der Waals surface area contributed by atoms with Gasteiger partial charge in [-0.25, -0.2) is 14.8 Å². The second-order valence-corrected chi connectivity index (χ2v) is 16.6. The molecule has 0 radical (unpaired) electrons. The van der Waals surface area contributed by atoms with Gasteiger partial charge in [0.15, 0.2) is 17.0 Å². The summed E-state index contributed by atoms with van der Waals surface area (Å²) < 4.78 is 4.90. The van der Waals surface area contributed by atoms with E-state index in [-0.39, 0.29) is 73.5 Å². The van der Waals surface area contributed by atoms with Crippen molar-refractivity contribution < 1.29 is 43.1 Å². The molecule has 66 heavy (non-hydrogen) atoms. The number of ether oxygens (including phenoxy) is 1. The Kier molecular flexibility index (Phi) is 17.5. The Morgan fingerprint density at radius 1 is 0.818 bits per heavy atom. The monoisotopic (exact) mass is 927 g/mol. The van der Waals surface area contributed by atoms with Gasteiger partial charge < -0.3 is 48.1 Å². The van der Waals surface area contributed by atoms with Crippen molar-refractivity contribution in [1.29, 1.82) is 0 Å². The maximum absolute atomic E-state index is 13.1. The average Bonchev–Trinajstić information content (AvgIpc) is 3.89. The Labute approximate surface area is 383 Å². The van der Waals surface area contributed by atoms with Gasteiger partial charge in [0.25, 0.3) is 23.6 Å². The van der Waals surface area contributed by atoms with Crippen LogP contribution in [0.5, 0.6) is 0 Å². The number of fused-ring (bicyclic) bond motifs is 1. The number of carbonyl (C=O) groups excluding carboxylic acids is 8. The van der Waals surface area contributed by atoms with Crippen LogP contribution >= 0.6 is 11.3 Å². The van der Waals surface area contributed by atoms with Crippen molar-refractivity contribution in [3.8, 4) is 0 Å². The number of carbonyl (C=O) groups is 8. The predicted octanol–water partition coefficient (Wildman–Crippen LogP) is 1.81. The van der Waals surface area contributed by atoms with Gasteiger partial charge >= 0.3 is 5.97 Å². The Morgan fingerprint density at radius 2 is 1.55 bits per heavy atom. The first-order valence-electron chi connectivity index (χ1n) is 21.1. The molecule has 10 N–H and O–H groups in total. The van der Waals surface area contributed by atoms with Gasteiger partial charge in [-0.1, -0.05) is 20.3 Å². The number of nitrogens with one attached hydrogen (secondary N) is 6. The molecule has 1 aliphatic heterocycles. The second-order valence-electron chi connectivity index (χ2n) is 15.5. The minimum atomic E-state index is -0.990. The molecular formula is C43H53N13O9S. The van der Waals surface area contributed by atoms with Crippen LogP contribution in [0.2, 0.25) is 0 Å². The van der Waals surface area contributed by atoms with Gasteiger partial charge in [0.1, 0.15) is 18.1 Å². The lowest BCUT2D eigenvalue weighted by Crippen LogP contribution is -2.53. The molecule has 0 bridgehead atoms. The van der Waals surface area contributed by atoms with Gasteiger partial charge in [0.05, 0.1) is 35.4 Å². The highest BCUT2D eigenvalue weighted by molar-refractivity contribution is 7.18.